The van der Waals surface area contributed by atoms with E-state index in [0.29, 0.717) is 16.1 Å². The standard InChI is InChI=1S/C16H12BrF3N2O2/c17-11-4-2-1-3-9(11)15(23)21-7-8-22-16(24)10-5-6-12(18)14(20)13(10)19/h1-6H,7-8H2,(H,21,23)(H,22,24). The van der Waals surface area contributed by atoms with Gasteiger partial charge in [0.15, 0.2) is 17.5 Å². The van der Waals surface area contributed by atoms with E-state index in [0.717, 1.165) is 6.07 Å². The minimum atomic E-state index is -1.70. The smallest absolute Gasteiger partial charge is 0.254 e. The summed E-state index contributed by atoms with van der Waals surface area (Å²) in [5.74, 6) is -5.88. The van der Waals surface area contributed by atoms with Gasteiger partial charge in [-0.25, -0.2) is 13.2 Å². The highest BCUT2D eigenvalue weighted by Gasteiger charge is 2.18. The SMILES string of the molecule is O=C(NCCNC(=O)c1ccc(F)c(F)c1F)c1ccccc1Br. The van der Waals surface area contributed by atoms with Crippen LogP contribution in [0.3, 0.4) is 0 Å². The van der Waals surface area contributed by atoms with E-state index in [1.807, 2.05) is 0 Å². The molecule has 0 spiro atoms. The molecule has 0 aliphatic rings. The van der Waals surface area contributed by atoms with Crippen molar-refractivity contribution in [3.8, 4) is 0 Å². The van der Waals surface area contributed by atoms with Crippen LogP contribution in [0.2, 0.25) is 0 Å². The van der Waals surface area contributed by atoms with Crippen molar-refractivity contribution in [2.24, 2.45) is 0 Å². The van der Waals surface area contributed by atoms with Crippen molar-refractivity contribution in [3.63, 3.8) is 0 Å². The van der Waals surface area contributed by atoms with Crippen molar-refractivity contribution >= 4 is 27.7 Å². The number of benzene rings is 2. The predicted octanol–water partition coefficient (Wildman–Crippen LogP) is 3.03. The van der Waals surface area contributed by atoms with Crippen LogP contribution in [0, 0.1) is 17.5 Å². The Morgan fingerprint density at radius 1 is 0.833 bits per heavy atom. The van der Waals surface area contributed by atoms with Gasteiger partial charge in [-0.15, -0.1) is 0 Å². The van der Waals surface area contributed by atoms with Gasteiger partial charge >= 0.3 is 0 Å². The van der Waals surface area contributed by atoms with E-state index in [2.05, 4.69) is 26.6 Å². The summed E-state index contributed by atoms with van der Waals surface area (Å²) in [5.41, 5.74) is -0.179. The zero-order valence-corrected chi connectivity index (χ0v) is 13.8. The lowest BCUT2D eigenvalue weighted by molar-refractivity contribution is 0.0924. The number of halogens is 4. The minimum Gasteiger partial charge on any atom is -0.350 e. The van der Waals surface area contributed by atoms with Gasteiger partial charge in [0, 0.05) is 17.6 Å². The van der Waals surface area contributed by atoms with Crippen LogP contribution < -0.4 is 10.6 Å². The Balaban J connectivity index is 1.87. The van der Waals surface area contributed by atoms with Gasteiger partial charge in [0.25, 0.3) is 11.8 Å². The normalized spacial score (nSPS) is 10.3. The second kappa shape index (κ2) is 7.96. The highest BCUT2D eigenvalue weighted by Crippen LogP contribution is 2.16. The van der Waals surface area contributed by atoms with Crippen molar-refractivity contribution < 1.29 is 22.8 Å². The van der Waals surface area contributed by atoms with Crippen LogP contribution in [0.4, 0.5) is 13.2 Å². The number of hydrogen-bond donors (Lipinski definition) is 2. The molecule has 2 aromatic carbocycles. The summed E-state index contributed by atoms with van der Waals surface area (Å²) in [6.07, 6.45) is 0. The van der Waals surface area contributed by atoms with Crippen LogP contribution >= 0.6 is 15.9 Å². The largest absolute Gasteiger partial charge is 0.350 e. The summed E-state index contributed by atoms with van der Waals surface area (Å²) >= 11 is 3.24. The van der Waals surface area contributed by atoms with Crippen molar-refractivity contribution in [2.45, 2.75) is 0 Å². The van der Waals surface area contributed by atoms with Gasteiger partial charge in [-0.3, -0.25) is 9.59 Å². The summed E-state index contributed by atoms with van der Waals surface area (Å²) < 4.78 is 40.0. The summed E-state index contributed by atoms with van der Waals surface area (Å²) in [4.78, 5) is 23.6. The van der Waals surface area contributed by atoms with Crippen LogP contribution in [0.1, 0.15) is 20.7 Å². The average molecular weight is 401 g/mol. The molecule has 0 atom stereocenters. The third-order valence-corrected chi connectivity index (χ3v) is 3.79. The predicted molar refractivity (Wildman–Crippen MR) is 85.1 cm³/mol. The van der Waals surface area contributed by atoms with Crippen molar-refractivity contribution in [3.05, 3.63) is 69.4 Å². The summed E-state index contributed by atoms with van der Waals surface area (Å²) in [6, 6.07) is 8.31. The molecular formula is C16H12BrF3N2O2. The zero-order chi connectivity index (χ0) is 17.7. The molecule has 0 fully saturated rings. The molecule has 2 aromatic rings. The first-order chi connectivity index (χ1) is 11.4. The third-order valence-electron chi connectivity index (χ3n) is 3.09. The van der Waals surface area contributed by atoms with Crippen LogP contribution in [-0.4, -0.2) is 24.9 Å². The Morgan fingerprint density at radius 2 is 1.42 bits per heavy atom. The van der Waals surface area contributed by atoms with Gasteiger partial charge in [0.2, 0.25) is 0 Å². The molecule has 0 unspecified atom stereocenters. The molecule has 0 heterocycles. The maximum absolute atomic E-state index is 13.5. The molecule has 2 N–H and O–H groups in total. The lowest BCUT2D eigenvalue weighted by Crippen LogP contribution is -2.35. The minimum absolute atomic E-state index is 0.00649. The average Bonchev–Trinajstić information content (AvgIpc) is 2.56. The van der Waals surface area contributed by atoms with Gasteiger partial charge in [-0.05, 0) is 40.2 Å². The molecule has 8 heteroatoms. The number of carbonyl (C=O) groups excluding carboxylic acids is 2. The monoisotopic (exact) mass is 400 g/mol. The fraction of sp³-hybridized carbons (Fsp3) is 0.125. The molecule has 0 aliphatic carbocycles. The van der Waals surface area contributed by atoms with Gasteiger partial charge in [0.05, 0.1) is 11.1 Å². The molecule has 4 nitrogen and oxygen atoms in total. The lowest BCUT2D eigenvalue weighted by atomic mass is 10.2. The number of amides is 2. The van der Waals surface area contributed by atoms with Gasteiger partial charge in [-0.2, -0.15) is 0 Å². The number of rotatable bonds is 5. The molecule has 0 saturated carbocycles. The molecule has 0 saturated heterocycles. The Morgan fingerprint density at radius 3 is 2.04 bits per heavy atom. The Labute approximate surface area is 144 Å². The van der Waals surface area contributed by atoms with Crippen molar-refractivity contribution in [1.82, 2.24) is 10.6 Å². The van der Waals surface area contributed by atoms with E-state index in [4.69, 9.17) is 0 Å². The topological polar surface area (TPSA) is 58.2 Å². The molecule has 126 valence electrons. The first kappa shape index (κ1) is 18.0. The maximum atomic E-state index is 13.5. The molecule has 24 heavy (non-hydrogen) atoms. The highest BCUT2D eigenvalue weighted by atomic mass is 79.9. The highest BCUT2D eigenvalue weighted by molar-refractivity contribution is 9.10. The van der Waals surface area contributed by atoms with E-state index in [1.54, 1.807) is 24.3 Å². The molecule has 2 amide bonds. The number of hydrogen-bond acceptors (Lipinski definition) is 2. The quantitative estimate of drug-likeness (QED) is 0.598. The molecular weight excluding hydrogens is 389 g/mol. The van der Waals surface area contributed by atoms with E-state index in [-0.39, 0.29) is 19.0 Å². The van der Waals surface area contributed by atoms with E-state index >= 15 is 0 Å². The summed E-state index contributed by atoms with van der Waals surface area (Å²) in [6.45, 7) is 0.0741. The molecule has 2 rings (SSSR count). The zero-order valence-electron chi connectivity index (χ0n) is 12.2. The Hall–Kier alpha value is -2.35. The van der Waals surface area contributed by atoms with Crippen LogP contribution in [0.25, 0.3) is 0 Å². The fourth-order valence-electron chi connectivity index (χ4n) is 1.89. The fourth-order valence-corrected chi connectivity index (χ4v) is 2.35. The lowest BCUT2D eigenvalue weighted by Gasteiger charge is -2.09. The molecule has 0 radical (unpaired) electrons. The molecule has 0 aliphatic heterocycles. The second-order valence-electron chi connectivity index (χ2n) is 4.71. The Bertz CT molecular complexity index is 784. The first-order valence-corrected chi connectivity index (χ1v) is 7.65. The van der Waals surface area contributed by atoms with Gasteiger partial charge in [-0.1, -0.05) is 12.1 Å². The van der Waals surface area contributed by atoms with E-state index in [1.165, 1.54) is 0 Å². The second-order valence-corrected chi connectivity index (χ2v) is 5.57. The molecule has 0 aromatic heterocycles. The Kier molecular flexibility index (Phi) is 5.97. The van der Waals surface area contributed by atoms with Gasteiger partial charge < -0.3 is 10.6 Å². The number of carbonyl (C=O) groups is 2. The van der Waals surface area contributed by atoms with Crippen LogP contribution in [0.5, 0.6) is 0 Å². The number of nitrogens with one attached hydrogen (secondary N) is 2. The van der Waals surface area contributed by atoms with E-state index in [9.17, 15) is 22.8 Å². The van der Waals surface area contributed by atoms with Crippen LogP contribution in [-0.2, 0) is 0 Å². The molecule has 0 bridgehead atoms. The summed E-state index contributed by atoms with van der Waals surface area (Å²) in [5, 5.41) is 4.88. The first-order valence-electron chi connectivity index (χ1n) is 6.86. The van der Waals surface area contributed by atoms with Crippen LogP contribution in [0.15, 0.2) is 40.9 Å². The maximum Gasteiger partial charge on any atom is 0.254 e. The van der Waals surface area contributed by atoms with Crippen molar-refractivity contribution in [1.29, 1.82) is 0 Å². The van der Waals surface area contributed by atoms with E-state index < -0.39 is 28.9 Å². The van der Waals surface area contributed by atoms with Gasteiger partial charge in [0.1, 0.15) is 0 Å². The third kappa shape index (κ3) is 4.14. The van der Waals surface area contributed by atoms with Crippen molar-refractivity contribution in [2.75, 3.05) is 13.1 Å². The summed E-state index contributed by atoms with van der Waals surface area (Å²) in [7, 11) is 0.